The minimum Gasteiger partial charge on any atom is -0.449 e. The minimum atomic E-state index is -0.983. The summed E-state index contributed by atoms with van der Waals surface area (Å²) < 4.78 is 11.6. The smallest absolute Gasteiger partial charge is 0.421 e. The van der Waals surface area contributed by atoms with E-state index in [1.165, 1.54) is 0 Å². The van der Waals surface area contributed by atoms with Gasteiger partial charge in [0.05, 0.1) is 18.8 Å². The van der Waals surface area contributed by atoms with Crippen LogP contribution in [0.4, 0.5) is 9.59 Å². The Kier molecular flexibility index (Phi) is 12.5. The molecule has 2 amide bonds. The van der Waals surface area contributed by atoms with Crippen molar-refractivity contribution in [1.82, 2.24) is 16.2 Å². The Labute approximate surface area is 211 Å². The van der Waals surface area contributed by atoms with Crippen LogP contribution in [0.25, 0.3) is 0 Å². The van der Waals surface area contributed by atoms with E-state index in [4.69, 9.17) is 9.47 Å². The second-order valence-electron chi connectivity index (χ2n) is 10.3. The highest BCUT2D eigenvalue weighted by Gasteiger charge is 2.25. The highest BCUT2D eigenvalue weighted by Crippen LogP contribution is 2.21. The van der Waals surface area contributed by atoms with Crippen molar-refractivity contribution in [3.63, 3.8) is 0 Å². The van der Waals surface area contributed by atoms with E-state index >= 15 is 0 Å². The Bertz CT molecular complexity index is 729. The summed E-state index contributed by atoms with van der Waals surface area (Å²) in [4.78, 5) is 24.1. The highest BCUT2D eigenvalue weighted by atomic mass is 127. The van der Waals surface area contributed by atoms with Crippen LogP contribution in [0.3, 0.4) is 0 Å². The lowest BCUT2D eigenvalue weighted by atomic mass is 9.90. The zero-order valence-electron chi connectivity index (χ0n) is 20.7. The normalized spacial score (nSPS) is 13.7. The first-order chi connectivity index (χ1) is 15.2. The van der Waals surface area contributed by atoms with Gasteiger partial charge in [-0.05, 0) is 92.2 Å². The van der Waals surface area contributed by atoms with Crippen molar-refractivity contribution in [3.05, 3.63) is 33.4 Å². The number of aliphatic hydroxyl groups is 1. The standard InChI is InChI=1S/C24H40IN3O5/c1-23(2,3)13-7-8-14-32-22(31)28-26-16-20(29)19(27-21(30)33-24(4,5)6)15-17-9-11-18(25)12-10-17/h9-12,19-20,26,29H,7-8,13-16H2,1-6H3,(H,27,30)(H,28,31)/t19-,20-/m0/s1. The van der Waals surface area contributed by atoms with E-state index in [2.05, 4.69) is 59.5 Å². The number of hydrazine groups is 1. The molecule has 0 aliphatic carbocycles. The second-order valence-corrected chi connectivity index (χ2v) is 11.6. The van der Waals surface area contributed by atoms with Crippen LogP contribution in [0, 0.1) is 8.99 Å². The van der Waals surface area contributed by atoms with Gasteiger partial charge in [-0.25, -0.2) is 15.0 Å². The van der Waals surface area contributed by atoms with Crippen LogP contribution in [0.2, 0.25) is 0 Å². The summed E-state index contributed by atoms with van der Waals surface area (Å²) in [7, 11) is 0. The molecule has 1 aromatic rings. The summed E-state index contributed by atoms with van der Waals surface area (Å²) in [6.45, 7) is 12.2. The van der Waals surface area contributed by atoms with E-state index < -0.39 is 29.9 Å². The maximum absolute atomic E-state index is 12.3. The van der Waals surface area contributed by atoms with Crippen LogP contribution in [-0.2, 0) is 15.9 Å². The van der Waals surface area contributed by atoms with Crippen LogP contribution < -0.4 is 16.2 Å². The first kappa shape index (κ1) is 29.4. The molecular weight excluding hydrogens is 537 g/mol. The Hall–Kier alpha value is -1.59. The van der Waals surface area contributed by atoms with Crippen LogP contribution in [-0.4, -0.2) is 48.2 Å². The molecule has 0 aliphatic rings. The molecule has 0 fully saturated rings. The third-order valence-corrected chi connectivity index (χ3v) is 5.31. The number of aliphatic hydroxyl groups excluding tert-OH is 1. The summed E-state index contributed by atoms with van der Waals surface area (Å²) in [5, 5.41) is 13.4. The average Bonchev–Trinajstić information content (AvgIpc) is 2.66. The number of unbranched alkanes of at least 4 members (excludes halogenated alkanes) is 1. The molecule has 0 heterocycles. The van der Waals surface area contributed by atoms with Crippen LogP contribution >= 0.6 is 22.6 Å². The second kappa shape index (κ2) is 14.0. The maximum atomic E-state index is 12.3. The molecule has 0 aromatic heterocycles. The lowest BCUT2D eigenvalue weighted by molar-refractivity contribution is 0.0417. The van der Waals surface area contributed by atoms with Gasteiger partial charge >= 0.3 is 12.2 Å². The highest BCUT2D eigenvalue weighted by molar-refractivity contribution is 14.1. The summed E-state index contributed by atoms with van der Waals surface area (Å²) in [6.07, 6.45) is 1.05. The molecule has 188 valence electrons. The number of ether oxygens (including phenoxy) is 2. The molecule has 9 heteroatoms. The zero-order chi connectivity index (χ0) is 25.1. The van der Waals surface area contributed by atoms with Crippen LogP contribution in [0.5, 0.6) is 0 Å². The van der Waals surface area contributed by atoms with Crippen molar-refractivity contribution in [2.75, 3.05) is 13.2 Å². The van der Waals surface area contributed by atoms with Gasteiger partial charge in [0.25, 0.3) is 0 Å². The quantitative estimate of drug-likeness (QED) is 0.175. The number of hydrogen-bond acceptors (Lipinski definition) is 6. The molecule has 1 rings (SSSR count). The summed E-state index contributed by atoms with van der Waals surface area (Å²) in [5.74, 6) is 0. The molecule has 33 heavy (non-hydrogen) atoms. The number of alkyl carbamates (subject to hydrolysis) is 1. The maximum Gasteiger partial charge on any atom is 0.421 e. The van der Waals surface area contributed by atoms with Gasteiger partial charge < -0.3 is 19.9 Å². The van der Waals surface area contributed by atoms with Gasteiger partial charge in [-0.2, -0.15) is 0 Å². The van der Waals surface area contributed by atoms with Crippen molar-refractivity contribution in [2.24, 2.45) is 5.41 Å². The fraction of sp³-hybridized carbons (Fsp3) is 0.667. The van der Waals surface area contributed by atoms with Crippen molar-refractivity contribution >= 4 is 34.8 Å². The van der Waals surface area contributed by atoms with E-state index in [0.29, 0.717) is 13.0 Å². The van der Waals surface area contributed by atoms with Gasteiger partial charge in [-0.1, -0.05) is 32.9 Å². The van der Waals surface area contributed by atoms with Gasteiger partial charge in [0, 0.05) is 10.1 Å². The van der Waals surface area contributed by atoms with Crippen LogP contribution in [0.1, 0.15) is 66.4 Å². The predicted octanol–water partition coefficient (Wildman–Crippen LogP) is 4.54. The number of rotatable bonds is 11. The van der Waals surface area contributed by atoms with Gasteiger partial charge in [-0.15, -0.1) is 0 Å². The molecule has 1 aromatic carbocycles. The fourth-order valence-corrected chi connectivity index (χ4v) is 3.30. The molecule has 0 radical (unpaired) electrons. The van der Waals surface area contributed by atoms with E-state index in [1.807, 2.05) is 24.3 Å². The molecule has 0 aliphatic heterocycles. The zero-order valence-corrected chi connectivity index (χ0v) is 22.8. The first-order valence-corrected chi connectivity index (χ1v) is 12.4. The molecule has 2 atom stereocenters. The van der Waals surface area contributed by atoms with Gasteiger partial charge in [-0.3, -0.25) is 5.43 Å². The third kappa shape index (κ3) is 15.0. The average molecular weight is 578 g/mol. The monoisotopic (exact) mass is 577 g/mol. The van der Waals surface area contributed by atoms with Gasteiger partial charge in [0.2, 0.25) is 0 Å². The number of carbonyl (C=O) groups excluding carboxylic acids is 2. The molecule has 0 bridgehead atoms. The molecule has 0 unspecified atom stereocenters. The number of hydrogen-bond donors (Lipinski definition) is 4. The van der Waals surface area contributed by atoms with Crippen LogP contribution in [0.15, 0.2) is 24.3 Å². The molecule has 0 saturated carbocycles. The minimum absolute atomic E-state index is 0.0178. The van der Waals surface area contributed by atoms with Crippen molar-refractivity contribution in [3.8, 4) is 0 Å². The van der Waals surface area contributed by atoms with Crippen molar-refractivity contribution in [2.45, 2.75) is 85.0 Å². The van der Waals surface area contributed by atoms with Gasteiger partial charge in [0.15, 0.2) is 0 Å². The SMILES string of the molecule is CC(C)(C)CCCCOC(=O)NNC[C@H](O)[C@H](Cc1ccc(I)cc1)NC(=O)OC(C)(C)C. The lowest BCUT2D eigenvalue weighted by Gasteiger charge is -2.27. The number of amides is 2. The largest absolute Gasteiger partial charge is 0.449 e. The summed E-state index contributed by atoms with van der Waals surface area (Å²) in [5.41, 5.74) is 5.67. The number of nitrogens with one attached hydrogen (secondary N) is 3. The fourth-order valence-electron chi connectivity index (χ4n) is 2.94. The van der Waals surface area contributed by atoms with E-state index in [-0.39, 0.29) is 12.0 Å². The van der Waals surface area contributed by atoms with E-state index in [1.54, 1.807) is 20.8 Å². The number of halogens is 1. The van der Waals surface area contributed by atoms with E-state index in [0.717, 1.165) is 28.4 Å². The third-order valence-electron chi connectivity index (χ3n) is 4.59. The van der Waals surface area contributed by atoms with E-state index in [9.17, 15) is 14.7 Å². The molecule has 0 spiro atoms. The Balaban J connectivity index is 2.52. The topological polar surface area (TPSA) is 109 Å². The lowest BCUT2D eigenvalue weighted by Crippen LogP contribution is -2.52. The Morgan fingerprint density at radius 2 is 1.67 bits per heavy atom. The Morgan fingerprint density at radius 1 is 1.03 bits per heavy atom. The predicted molar refractivity (Wildman–Crippen MR) is 138 cm³/mol. The van der Waals surface area contributed by atoms with Crippen molar-refractivity contribution < 1.29 is 24.2 Å². The molecule has 4 N–H and O–H groups in total. The van der Waals surface area contributed by atoms with Crippen molar-refractivity contribution in [1.29, 1.82) is 0 Å². The van der Waals surface area contributed by atoms with Gasteiger partial charge in [0.1, 0.15) is 5.60 Å². The Morgan fingerprint density at radius 3 is 2.24 bits per heavy atom. The summed E-state index contributed by atoms with van der Waals surface area (Å²) >= 11 is 2.22. The molecule has 8 nitrogen and oxygen atoms in total. The molecular formula is C24H40IN3O5. The summed E-state index contributed by atoms with van der Waals surface area (Å²) in [6, 6.07) is 7.19. The number of carbonyl (C=O) groups is 2. The number of benzene rings is 1. The first-order valence-electron chi connectivity index (χ1n) is 11.3. The molecule has 0 saturated heterocycles.